The lowest BCUT2D eigenvalue weighted by atomic mass is 9.88. The second-order valence-corrected chi connectivity index (χ2v) is 8.46. The van der Waals surface area contributed by atoms with Crippen molar-refractivity contribution in [1.29, 1.82) is 0 Å². The van der Waals surface area contributed by atoms with Crippen molar-refractivity contribution >= 4 is 17.0 Å². The zero-order chi connectivity index (χ0) is 21.0. The quantitative estimate of drug-likeness (QED) is 0.419. The van der Waals surface area contributed by atoms with E-state index in [9.17, 15) is 0 Å². The number of anilines is 1. The van der Waals surface area contributed by atoms with Gasteiger partial charge in [-0.2, -0.15) is 10.3 Å². The van der Waals surface area contributed by atoms with Crippen molar-refractivity contribution in [2.45, 2.75) is 43.6 Å². The molecule has 5 rings (SSSR count). The first-order valence-corrected chi connectivity index (χ1v) is 11.1. The average Bonchev–Trinajstić information content (AvgIpc) is 3.47. The van der Waals surface area contributed by atoms with Gasteiger partial charge in [0.05, 0.1) is 0 Å². The summed E-state index contributed by atoms with van der Waals surface area (Å²) < 4.78 is 0. The maximum Gasteiger partial charge on any atom is 0.203 e. The van der Waals surface area contributed by atoms with Crippen molar-refractivity contribution in [3.8, 4) is 0 Å². The van der Waals surface area contributed by atoms with E-state index in [0.29, 0.717) is 23.4 Å². The molecule has 2 heterocycles. The number of hydrogen-bond donors (Lipinski definition) is 3. The van der Waals surface area contributed by atoms with Gasteiger partial charge >= 0.3 is 0 Å². The molecule has 158 valence electrons. The molecule has 1 aliphatic rings. The molecule has 0 spiro atoms. The van der Waals surface area contributed by atoms with Gasteiger partial charge in [-0.1, -0.05) is 60.7 Å². The number of fused-ring (bicyclic) bond motifs is 1. The van der Waals surface area contributed by atoms with Crippen LogP contribution in [0.4, 0.5) is 5.82 Å². The molecule has 31 heavy (non-hydrogen) atoms. The Balaban J connectivity index is 1.31. The van der Waals surface area contributed by atoms with Crippen LogP contribution in [-0.2, 0) is 0 Å². The molecule has 2 aromatic carbocycles. The van der Waals surface area contributed by atoms with E-state index in [-0.39, 0.29) is 5.92 Å². The van der Waals surface area contributed by atoms with E-state index in [1.165, 1.54) is 30.4 Å². The molecule has 0 saturated heterocycles. The van der Waals surface area contributed by atoms with E-state index in [1.54, 1.807) is 0 Å². The molecular weight excluding hydrogens is 384 g/mol. The fourth-order valence-corrected chi connectivity index (χ4v) is 4.96. The molecule has 0 aliphatic heterocycles. The molecular formula is C25H28N6. The Morgan fingerprint density at radius 3 is 2.58 bits per heavy atom. The molecule has 1 fully saturated rings. The molecule has 1 aliphatic carbocycles. The normalized spacial score (nSPS) is 19.6. The van der Waals surface area contributed by atoms with Crippen molar-refractivity contribution in [1.82, 2.24) is 25.7 Å². The van der Waals surface area contributed by atoms with Crippen molar-refractivity contribution in [2.75, 3.05) is 12.3 Å². The number of benzene rings is 2. The number of aromatic amines is 1. The van der Waals surface area contributed by atoms with Gasteiger partial charge in [0, 0.05) is 12.0 Å². The molecule has 1 saturated carbocycles. The van der Waals surface area contributed by atoms with Crippen LogP contribution in [0.2, 0.25) is 0 Å². The number of pyridine rings is 1. The number of nitrogens with two attached hydrogens (primary N) is 1. The van der Waals surface area contributed by atoms with E-state index in [4.69, 9.17) is 5.73 Å². The third-order valence-electron chi connectivity index (χ3n) is 6.49. The molecule has 4 N–H and O–H groups in total. The predicted molar refractivity (Wildman–Crippen MR) is 124 cm³/mol. The van der Waals surface area contributed by atoms with E-state index < -0.39 is 0 Å². The number of nitrogen functional groups attached to an aromatic ring is 1. The predicted octanol–water partition coefficient (Wildman–Crippen LogP) is 4.38. The van der Waals surface area contributed by atoms with Crippen LogP contribution in [-0.4, -0.2) is 33.0 Å². The molecule has 0 amide bonds. The van der Waals surface area contributed by atoms with Gasteiger partial charge in [-0.05, 0) is 60.9 Å². The smallest absolute Gasteiger partial charge is 0.203 e. The van der Waals surface area contributed by atoms with Gasteiger partial charge in [0.15, 0.2) is 0 Å². The largest absolute Gasteiger partial charge is 0.384 e. The van der Waals surface area contributed by atoms with Gasteiger partial charge in [0.2, 0.25) is 5.65 Å². The minimum absolute atomic E-state index is 0.179. The van der Waals surface area contributed by atoms with Crippen LogP contribution in [0, 0.1) is 0 Å². The van der Waals surface area contributed by atoms with E-state index in [0.717, 1.165) is 24.0 Å². The molecule has 0 bridgehead atoms. The van der Waals surface area contributed by atoms with Gasteiger partial charge < -0.3 is 11.1 Å². The van der Waals surface area contributed by atoms with E-state index >= 15 is 0 Å². The Labute approximate surface area is 182 Å². The highest BCUT2D eigenvalue weighted by Gasteiger charge is 2.26. The lowest BCUT2D eigenvalue weighted by molar-refractivity contribution is 0.498. The topological polar surface area (TPSA) is 92.5 Å². The summed E-state index contributed by atoms with van der Waals surface area (Å²) in [4.78, 5) is 4.31. The maximum atomic E-state index is 6.09. The van der Waals surface area contributed by atoms with Crippen molar-refractivity contribution in [2.24, 2.45) is 0 Å². The van der Waals surface area contributed by atoms with Crippen molar-refractivity contribution < 1.29 is 0 Å². The summed E-state index contributed by atoms with van der Waals surface area (Å²) >= 11 is 0. The highest BCUT2D eigenvalue weighted by molar-refractivity contribution is 5.77. The first-order valence-electron chi connectivity index (χ1n) is 11.1. The summed E-state index contributed by atoms with van der Waals surface area (Å²) in [6, 6.07) is 24.0. The van der Waals surface area contributed by atoms with Gasteiger partial charge in [0.25, 0.3) is 0 Å². The molecule has 0 radical (unpaired) electrons. The Morgan fingerprint density at radius 1 is 1.00 bits per heavy atom. The second kappa shape index (κ2) is 8.86. The molecule has 0 unspecified atom stereocenters. The molecule has 2 aromatic heterocycles. The zero-order valence-corrected chi connectivity index (χ0v) is 17.5. The number of nitrogens with zero attached hydrogens (tertiary/aromatic N) is 3. The van der Waals surface area contributed by atoms with Crippen LogP contribution in [0.1, 0.15) is 54.2 Å². The number of aromatic nitrogens is 4. The Hall–Kier alpha value is -3.25. The first kappa shape index (κ1) is 19.7. The Kier molecular flexibility index (Phi) is 5.63. The third kappa shape index (κ3) is 4.30. The maximum absolute atomic E-state index is 6.09. The number of H-pyrrole nitrogens is 1. The van der Waals surface area contributed by atoms with Crippen LogP contribution < -0.4 is 11.1 Å². The minimum Gasteiger partial charge on any atom is -0.384 e. The molecule has 3 atom stereocenters. The number of rotatable bonds is 7. The highest BCUT2D eigenvalue weighted by atomic mass is 15.3. The zero-order valence-electron chi connectivity index (χ0n) is 17.5. The SMILES string of the molecule is Nc1cc([C@H](CCN[C@@H]2CC[C@@H](c3ccccc3)C2)c2ccccc2)c2n[nH]nc2n1. The average molecular weight is 413 g/mol. The van der Waals surface area contributed by atoms with Crippen LogP contribution in [0.5, 0.6) is 0 Å². The minimum atomic E-state index is 0.179. The van der Waals surface area contributed by atoms with Gasteiger partial charge in [-0.3, -0.25) is 0 Å². The van der Waals surface area contributed by atoms with Gasteiger partial charge in [0.1, 0.15) is 11.3 Å². The van der Waals surface area contributed by atoms with Crippen LogP contribution >= 0.6 is 0 Å². The van der Waals surface area contributed by atoms with Crippen LogP contribution in [0.25, 0.3) is 11.2 Å². The summed E-state index contributed by atoms with van der Waals surface area (Å²) in [6.07, 6.45) is 4.65. The summed E-state index contributed by atoms with van der Waals surface area (Å²) in [5, 5.41) is 15.0. The number of nitrogens with one attached hydrogen (secondary N) is 2. The van der Waals surface area contributed by atoms with E-state index in [1.807, 2.05) is 12.1 Å². The van der Waals surface area contributed by atoms with Crippen molar-refractivity contribution in [3.05, 3.63) is 83.4 Å². The van der Waals surface area contributed by atoms with Crippen molar-refractivity contribution in [3.63, 3.8) is 0 Å². The summed E-state index contributed by atoms with van der Waals surface area (Å²) in [5.41, 5.74) is 11.3. The summed E-state index contributed by atoms with van der Waals surface area (Å²) in [5.74, 6) is 1.32. The van der Waals surface area contributed by atoms with Crippen LogP contribution in [0.15, 0.2) is 66.7 Å². The fraction of sp³-hybridized carbons (Fsp3) is 0.320. The van der Waals surface area contributed by atoms with Crippen LogP contribution in [0.3, 0.4) is 0 Å². The second-order valence-electron chi connectivity index (χ2n) is 8.46. The fourth-order valence-electron chi connectivity index (χ4n) is 4.96. The molecule has 6 heteroatoms. The van der Waals surface area contributed by atoms with E-state index in [2.05, 4.69) is 80.3 Å². The summed E-state index contributed by atoms with van der Waals surface area (Å²) in [7, 11) is 0. The Bertz CT molecular complexity index is 1120. The Morgan fingerprint density at radius 2 is 1.77 bits per heavy atom. The standard InChI is InChI=1S/C25H28N6/c26-23-16-22(24-25(28-23)30-31-29-24)21(18-9-5-2-6-10-18)13-14-27-20-12-11-19(15-20)17-7-3-1-4-8-17/h1-10,16,19-21,27H,11-15H2,(H3,26,28,29,30,31)/t19-,20-,21-/m1/s1. The lowest BCUT2D eigenvalue weighted by Gasteiger charge is -2.20. The third-order valence-corrected chi connectivity index (χ3v) is 6.49. The summed E-state index contributed by atoms with van der Waals surface area (Å²) in [6.45, 7) is 0.938. The number of hydrogen-bond acceptors (Lipinski definition) is 5. The molecule has 6 nitrogen and oxygen atoms in total. The highest BCUT2D eigenvalue weighted by Crippen LogP contribution is 2.35. The van der Waals surface area contributed by atoms with Gasteiger partial charge in [-0.15, -0.1) is 5.10 Å². The van der Waals surface area contributed by atoms with Gasteiger partial charge in [-0.25, -0.2) is 4.98 Å². The molecule has 4 aromatic rings. The monoisotopic (exact) mass is 412 g/mol. The lowest BCUT2D eigenvalue weighted by Crippen LogP contribution is -2.28. The first-order chi connectivity index (χ1) is 15.3.